The van der Waals surface area contributed by atoms with Crippen LogP contribution in [-0.4, -0.2) is 25.0 Å². The smallest absolute Gasteiger partial charge is 0.319 e. The Kier molecular flexibility index (Phi) is 4.99. The van der Waals surface area contributed by atoms with Gasteiger partial charge >= 0.3 is 5.97 Å². The zero-order chi connectivity index (χ0) is 14.7. The van der Waals surface area contributed by atoms with E-state index < -0.39 is 17.3 Å². The van der Waals surface area contributed by atoms with Crippen molar-refractivity contribution in [1.29, 1.82) is 0 Å². The predicted octanol–water partition coefficient (Wildman–Crippen LogP) is 2.52. The summed E-state index contributed by atoms with van der Waals surface area (Å²) in [6.07, 6.45) is 3.42. The zero-order valence-electron chi connectivity index (χ0n) is 12.8. The number of carbonyl (C=O) groups is 2. The normalized spacial score (nSPS) is 18.6. The SMILES string of the molecule is CCOC(=O)C(C(=O)NCC1(CC)CC1)C(C)(C)C. The molecule has 0 aliphatic heterocycles. The van der Waals surface area contributed by atoms with Crippen LogP contribution in [0.3, 0.4) is 0 Å². The molecule has 0 aromatic carbocycles. The molecule has 0 radical (unpaired) electrons. The summed E-state index contributed by atoms with van der Waals surface area (Å²) in [5.74, 6) is -1.36. The predicted molar refractivity (Wildman–Crippen MR) is 74.5 cm³/mol. The lowest BCUT2D eigenvalue weighted by Crippen LogP contribution is -2.45. The molecule has 0 spiro atoms. The van der Waals surface area contributed by atoms with Gasteiger partial charge in [0.25, 0.3) is 0 Å². The summed E-state index contributed by atoms with van der Waals surface area (Å²) in [7, 11) is 0. The Bertz CT molecular complexity index is 340. The Hall–Kier alpha value is -1.06. The van der Waals surface area contributed by atoms with Crippen molar-refractivity contribution in [2.75, 3.05) is 13.2 Å². The molecule has 0 heterocycles. The average Bonchev–Trinajstić information content (AvgIpc) is 3.05. The van der Waals surface area contributed by atoms with E-state index in [4.69, 9.17) is 4.74 Å². The first-order valence-corrected chi connectivity index (χ1v) is 7.20. The Balaban J connectivity index is 2.64. The number of carbonyl (C=O) groups excluding carboxylic acids is 2. The summed E-state index contributed by atoms with van der Waals surface area (Å²) in [5.41, 5.74) is -0.147. The molecule has 1 aliphatic rings. The second-order valence-corrected chi connectivity index (χ2v) is 6.62. The first-order valence-electron chi connectivity index (χ1n) is 7.20. The van der Waals surface area contributed by atoms with Gasteiger partial charge in [-0.3, -0.25) is 9.59 Å². The standard InChI is InChI=1S/C15H27NO3/c1-6-15(8-9-15)10-16-12(17)11(14(3,4)5)13(18)19-7-2/h11H,6-10H2,1-5H3,(H,16,17). The van der Waals surface area contributed by atoms with E-state index in [9.17, 15) is 9.59 Å². The highest BCUT2D eigenvalue weighted by Crippen LogP contribution is 2.47. The van der Waals surface area contributed by atoms with E-state index in [1.54, 1.807) is 6.92 Å². The minimum atomic E-state index is -0.736. The molecule has 1 amide bonds. The number of hydrogen-bond donors (Lipinski definition) is 1. The summed E-state index contributed by atoms with van der Waals surface area (Å²) in [4.78, 5) is 24.2. The summed E-state index contributed by atoms with van der Waals surface area (Å²) in [6.45, 7) is 10.5. The quantitative estimate of drug-likeness (QED) is 0.595. The Labute approximate surface area is 116 Å². The molecule has 1 rings (SSSR count). The first-order chi connectivity index (χ1) is 8.75. The summed E-state index contributed by atoms with van der Waals surface area (Å²) in [5, 5.41) is 2.94. The molecule has 0 aromatic rings. The van der Waals surface area contributed by atoms with Gasteiger partial charge in [0.1, 0.15) is 5.92 Å². The summed E-state index contributed by atoms with van der Waals surface area (Å²) >= 11 is 0. The van der Waals surface area contributed by atoms with Gasteiger partial charge in [0.2, 0.25) is 5.91 Å². The van der Waals surface area contributed by atoms with Crippen LogP contribution in [0.15, 0.2) is 0 Å². The number of rotatable bonds is 6. The first kappa shape index (κ1) is 16.0. The van der Waals surface area contributed by atoms with Crippen molar-refractivity contribution in [2.45, 2.75) is 53.9 Å². The van der Waals surface area contributed by atoms with Crippen LogP contribution in [0.1, 0.15) is 53.9 Å². The fourth-order valence-corrected chi connectivity index (χ4v) is 2.29. The van der Waals surface area contributed by atoms with Crippen LogP contribution in [-0.2, 0) is 14.3 Å². The molecular weight excluding hydrogens is 242 g/mol. The zero-order valence-corrected chi connectivity index (χ0v) is 12.8. The van der Waals surface area contributed by atoms with Gasteiger partial charge in [-0.2, -0.15) is 0 Å². The van der Waals surface area contributed by atoms with Gasteiger partial charge in [-0.1, -0.05) is 27.7 Å². The largest absolute Gasteiger partial charge is 0.465 e. The number of amides is 1. The van der Waals surface area contributed by atoms with Gasteiger partial charge in [0, 0.05) is 6.54 Å². The highest BCUT2D eigenvalue weighted by atomic mass is 16.5. The number of hydrogen-bond acceptors (Lipinski definition) is 3. The minimum Gasteiger partial charge on any atom is -0.465 e. The van der Waals surface area contributed by atoms with Crippen LogP contribution < -0.4 is 5.32 Å². The van der Waals surface area contributed by atoms with E-state index in [2.05, 4.69) is 12.2 Å². The third kappa shape index (κ3) is 4.22. The van der Waals surface area contributed by atoms with Crippen LogP contribution in [0.25, 0.3) is 0 Å². The lowest BCUT2D eigenvalue weighted by molar-refractivity contribution is -0.156. The van der Waals surface area contributed by atoms with Crippen LogP contribution in [0.2, 0.25) is 0 Å². The van der Waals surface area contributed by atoms with E-state index in [1.165, 1.54) is 12.8 Å². The molecule has 1 atom stereocenters. The third-order valence-corrected chi connectivity index (χ3v) is 4.00. The molecule has 4 heteroatoms. The number of nitrogens with one attached hydrogen (secondary N) is 1. The molecular formula is C15H27NO3. The van der Waals surface area contributed by atoms with E-state index in [-0.39, 0.29) is 11.3 Å². The maximum absolute atomic E-state index is 12.3. The summed E-state index contributed by atoms with van der Waals surface area (Å²) < 4.78 is 5.03. The molecule has 110 valence electrons. The molecule has 0 bridgehead atoms. The Morgan fingerprint density at radius 1 is 1.26 bits per heavy atom. The van der Waals surface area contributed by atoms with Crippen LogP contribution in [0.4, 0.5) is 0 Å². The fourth-order valence-electron chi connectivity index (χ4n) is 2.29. The fraction of sp³-hybridized carbons (Fsp3) is 0.867. The van der Waals surface area contributed by atoms with Crippen LogP contribution in [0.5, 0.6) is 0 Å². The van der Waals surface area contributed by atoms with E-state index in [1.807, 2.05) is 20.8 Å². The highest BCUT2D eigenvalue weighted by molar-refractivity contribution is 5.98. The van der Waals surface area contributed by atoms with Crippen molar-refractivity contribution in [3.63, 3.8) is 0 Å². The van der Waals surface area contributed by atoms with Crippen molar-refractivity contribution in [3.8, 4) is 0 Å². The highest BCUT2D eigenvalue weighted by Gasteiger charge is 2.43. The monoisotopic (exact) mass is 269 g/mol. The van der Waals surface area contributed by atoms with Gasteiger partial charge in [0.05, 0.1) is 6.61 Å². The average molecular weight is 269 g/mol. The van der Waals surface area contributed by atoms with Gasteiger partial charge < -0.3 is 10.1 Å². The van der Waals surface area contributed by atoms with Crippen molar-refractivity contribution in [2.24, 2.45) is 16.7 Å². The topological polar surface area (TPSA) is 55.4 Å². The molecule has 1 N–H and O–H groups in total. The second kappa shape index (κ2) is 5.93. The van der Waals surface area contributed by atoms with Gasteiger partial charge in [-0.25, -0.2) is 0 Å². The maximum atomic E-state index is 12.3. The van der Waals surface area contributed by atoms with Crippen LogP contribution in [0, 0.1) is 16.7 Å². The molecule has 1 unspecified atom stereocenters. The molecule has 1 aliphatic carbocycles. The number of esters is 1. The second-order valence-electron chi connectivity index (χ2n) is 6.62. The van der Waals surface area contributed by atoms with E-state index in [0.29, 0.717) is 13.2 Å². The van der Waals surface area contributed by atoms with Crippen molar-refractivity contribution >= 4 is 11.9 Å². The van der Waals surface area contributed by atoms with Crippen LogP contribution >= 0.6 is 0 Å². The molecule has 4 nitrogen and oxygen atoms in total. The van der Waals surface area contributed by atoms with Crippen molar-refractivity contribution in [3.05, 3.63) is 0 Å². The molecule has 19 heavy (non-hydrogen) atoms. The molecule has 1 fully saturated rings. The van der Waals surface area contributed by atoms with Gasteiger partial charge in [0.15, 0.2) is 0 Å². The summed E-state index contributed by atoms with van der Waals surface area (Å²) in [6, 6.07) is 0. The molecule has 1 saturated carbocycles. The number of ether oxygens (including phenoxy) is 1. The van der Waals surface area contributed by atoms with E-state index >= 15 is 0 Å². The lowest BCUT2D eigenvalue weighted by Gasteiger charge is -2.28. The van der Waals surface area contributed by atoms with E-state index in [0.717, 1.165) is 6.42 Å². The minimum absolute atomic E-state index is 0.203. The van der Waals surface area contributed by atoms with Crippen molar-refractivity contribution < 1.29 is 14.3 Å². The third-order valence-electron chi connectivity index (χ3n) is 4.00. The maximum Gasteiger partial charge on any atom is 0.319 e. The van der Waals surface area contributed by atoms with Crippen molar-refractivity contribution in [1.82, 2.24) is 5.32 Å². The lowest BCUT2D eigenvalue weighted by atomic mass is 9.80. The Morgan fingerprint density at radius 3 is 2.21 bits per heavy atom. The molecule has 0 aromatic heterocycles. The Morgan fingerprint density at radius 2 is 1.84 bits per heavy atom. The van der Waals surface area contributed by atoms with Gasteiger partial charge in [-0.05, 0) is 37.0 Å². The van der Waals surface area contributed by atoms with Gasteiger partial charge in [-0.15, -0.1) is 0 Å². The molecule has 0 saturated heterocycles.